The van der Waals surface area contributed by atoms with Gasteiger partial charge in [0, 0.05) is 33.9 Å². The highest BCUT2D eigenvalue weighted by molar-refractivity contribution is 5.97. The van der Waals surface area contributed by atoms with Crippen LogP contribution in [0.4, 0.5) is 17.2 Å². The van der Waals surface area contributed by atoms with E-state index in [0.717, 1.165) is 10.3 Å². The van der Waals surface area contributed by atoms with Gasteiger partial charge in [0.05, 0.1) is 0 Å². The van der Waals surface area contributed by atoms with Crippen LogP contribution < -0.4 is 5.32 Å². The Kier molecular flexibility index (Phi) is 5.38. The Hall–Kier alpha value is -3.17. The molecule has 2 aromatic rings. The molecule has 0 aromatic carbocycles. The zero-order valence-electron chi connectivity index (χ0n) is 16.6. The van der Waals surface area contributed by atoms with Gasteiger partial charge in [-0.1, -0.05) is 13.8 Å². The van der Waals surface area contributed by atoms with Gasteiger partial charge in [0.1, 0.15) is 5.69 Å². The Labute approximate surface area is 157 Å². The second kappa shape index (κ2) is 7.22. The minimum Gasteiger partial charge on any atom is -0.503 e. The van der Waals surface area contributed by atoms with E-state index in [2.05, 4.69) is 15.4 Å². The molecule has 0 fully saturated rings. The molecule has 0 unspecified atom stereocenters. The van der Waals surface area contributed by atoms with E-state index in [1.807, 2.05) is 20.8 Å². The van der Waals surface area contributed by atoms with Crippen LogP contribution in [0.1, 0.15) is 31.3 Å². The highest BCUT2D eigenvalue weighted by Crippen LogP contribution is 2.47. The van der Waals surface area contributed by atoms with Gasteiger partial charge < -0.3 is 25.5 Å². The predicted molar refractivity (Wildman–Crippen MR) is 103 cm³/mol. The fourth-order valence-corrected chi connectivity index (χ4v) is 2.34. The Balaban J connectivity index is 2.56. The molecule has 10 nitrogen and oxygen atoms in total. The molecule has 2 heterocycles. The molecular formula is C17H26N6O4. The van der Waals surface area contributed by atoms with Crippen molar-refractivity contribution in [1.29, 1.82) is 0 Å². The molecule has 0 spiro atoms. The van der Waals surface area contributed by atoms with Crippen molar-refractivity contribution in [2.24, 2.45) is 25.0 Å². The Morgan fingerprint density at radius 2 is 1.78 bits per heavy atom. The molecule has 10 heteroatoms. The number of nitrogens with one attached hydrogen (secondary N) is 1. The van der Waals surface area contributed by atoms with Crippen molar-refractivity contribution in [2.45, 2.75) is 20.8 Å². The largest absolute Gasteiger partial charge is 0.503 e. The molecule has 0 aliphatic rings. The van der Waals surface area contributed by atoms with Crippen LogP contribution in [0, 0.1) is 5.92 Å². The highest BCUT2D eigenvalue weighted by Gasteiger charge is 2.27. The third kappa shape index (κ3) is 3.55. The molecule has 4 N–H and O–H groups in total. The second-order valence-electron chi connectivity index (χ2n) is 6.83. The fourth-order valence-electron chi connectivity index (χ4n) is 2.34. The number of aromatic hydroxyl groups is 3. The summed E-state index contributed by atoms with van der Waals surface area (Å²) in [7, 11) is 6.11. The standard InChI is InChI=1S/C17H26N6O4/c1-8(2)9(3)18-10-11(16(26)22(6)15(10)25)19-14-13(24)12(23(7)20-14)17(27)21(4)5/h8,24-26H,1-7H3,(H,19,20). The Bertz CT molecular complexity index is 907. The lowest BCUT2D eigenvalue weighted by Gasteiger charge is -2.10. The van der Waals surface area contributed by atoms with Crippen molar-refractivity contribution in [1.82, 2.24) is 19.2 Å². The summed E-state index contributed by atoms with van der Waals surface area (Å²) < 4.78 is 2.39. The summed E-state index contributed by atoms with van der Waals surface area (Å²) in [6.07, 6.45) is 0. The van der Waals surface area contributed by atoms with Gasteiger partial charge in [-0.2, -0.15) is 5.10 Å². The SMILES string of the molecule is CC(=Nc1c(Nc2nn(C)c(C(=O)N(C)C)c2O)c(O)n(C)c1O)C(C)C. The lowest BCUT2D eigenvalue weighted by Crippen LogP contribution is -2.24. The number of anilines is 2. The van der Waals surface area contributed by atoms with E-state index in [0.29, 0.717) is 0 Å². The van der Waals surface area contributed by atoms with Crippen LogP contribution in [0.5, 0.6) is 17.5 Å². The minimum absolute atomic E-state index is 0.00875. The average molecular weight is 378 g/mol. The molecule has 0 atom stereocenters. The zero-order chi connectivity index (χ0) is 20.6. The molecule has 27 heavy (non-hydrogen) atoms. The van der Waals surface area contributed by atoms with Crippen molar-refractivity contribution < 1.29 is 20.1 Å². The maximum Gasteiger partial charge on any atom is 0.275 e. The molecule has 0 saturated carbocycles. The molecule has 1 amide bonds. The van der Waals surface area contributed by atoms with Crippen LogP contribution >= 0.6 is 0 Å². The Morgan fingerprint density at radius 1 is 1.19 bits per heavy atom. The van der Waals surface area contributed by atoms with Gasteiger partial charge in [-0.3, -0.25) is 14.0 Å². The summed E-state index contributed by atoms with van der Waals surface area (Å²) in [5.41, 5.74) is 0.928. The van der Waals surface area contributed by atoms with E-state index < -0.39 is 5.91 Å². The van der Waals surface area contributed by atoms with E-state index in [9.17, 15) is 20.1 Å². The minimum atomic E-state index is -0.426. The first-order valence-corrected chi connectivity index (χ1v) is 8.37. The number of carbonyl (C=O) groups excluding carboxylic acids is 1. The lowest BCUT2D eigenvalue weighted by molar-refractivity contribution is 0.0814. The molecule has 0 bridgehead atoms. The summed E-state index contributed by atoms with van der Waals surface area (Å²) in [6.45, 7) is 5.72. The fraction of sp³-hybridized carbons (Fsp3) is 0.471. The summed E-state index contributed by atoms with van der Waals surface area (Å²) >= 11 is 0. The number of rotatable bonds is 5. The van der Waals surface area contributed by atoms with Crippen LogP contribution in [-0.2, 0) is 14.1 Å². The monoisotopic (exact) mass is 378 g/mol. The highest BCUT2D eigenvalue weighted by atomic mass is 16.3. The quantitative estimate of drug-likeness (QED) is 0.590. The molecule has 148 valence electrons. The van der Waals surface area contributed by atoms with Gasteiger partial charge in [0.2, 0.25) is 11.8 Å². The van der Waals surface area contributed by atoms with Gasteiger partial charge in [0.25, 0.3) is 5.91 Å². The number of aliphatic imine (C=N–C) groups is 1. The molecule has 0 radical (unpaired) electrons. The maximum absolute atomic E-state index is 12.2. The van der Waals surface area contributed by atoms with Crippen LogP contribution in [0.25, 0.3) is 0 Å². The lowest BCUT2D eigenvalue weighted by atomic mass is 10.1. The molecule has 0 saturated heterocycles. The molecule has 2 rings (SSSR count). The number of amides is 1. The number of hydrogen-bond donors (Lipinski definition) is 4. The van der Waals surface area contributed by atoms with Gasteiger partial charge in [-0.05, 0) is 12.8 Å². The van der Waals surface area contributed by atoms with Gasteiger partial charge in [-0.25, -0.2) is 4.99 Å². The topological polar surface area (TPSA) is 128 Å². The zero-order valence-corrected chi connectivity index (χ0v) is 16.6. The number of aryl methyl sites for hydroxylation is 1. The summed E-state index contributed by atoms with van der Waals surface area (Å²) in [5, 5.41) is 38.0. The average Bonchev–Trinajstić information content (AvgIpc) is 2.97. The number of aromatic nitrogens is 3. The van der Waals surface area contributed by atoms with Crippen molar-refractivity contribution >= 4 is 28.8 Å². The van der Waals surface area contributed by atoms with Gasteiger partial charge in [0.15, 0.2) is 22.9 Å². The first kappa shape index (κ1) is 20.1. The Morgan fingerprint density at radius 3 is 2.30 bits per heavy atom. The summed E-state index contributed by atoms with van der Waals surface area (Å²) in [4.78, 5) is 17.9. The number of carbonyl (C=O) groups is 1. The maximum atomic E-state index is 12.2. The number of hydrogen-bond acceptors (Lipinski definition) is 7. The van der Waals surface area contributed by atoms with E-state index >= 15 is 0 Å². The van der Waals surface area contributed by atoms with E-state index in [1.165, 1.54) is 23.7 Å². The first-order valence-electron chi connectivity index (χ1n) is 8.37. The summed E-state index contributed by atoms with van der Waals surface area (Å²) in [5.74, 6) is -1.23. The molecule has 0 aliphatic carbocycles. The second-order valence-corrected chi connectivity index (χ2v) is 6.83. The molecule has 0 aliphatic heterocycles. The van der Waals surface area contributed by atoms with E-state index in [1.54, 1.807) is 14.1 Å². The third-order valence-electron chi connectivity index (χ3n) is 4.31. The van der Waals surface area contributed by atoms with Crippen molar-refractivity contribution in [3.8, 4) is 17.5 Å². The molecular weight excluding hydrogens is 352 g/mol. The predicted octanol–water partition coefficient (Wildman–Crippen LogP) is 2.07. The first-order chi connectivity index (χ1) is 12.5. The van der Waals surface area contributed by atoms with Crippen LogP contribution in [0.15, 0.2) is 4.99 Å². The van der Waals surface area contributed by atoms with Crippen LogP contribution in [0.3, 0.4) is 0 Å². The molecule has 2 aromatic heterocycles. The van der Waals surface area contributed by atoms with Gasteiger partial charge in [-0.15, -0.1) is 0 Å². The normalized spacial score (nSPS) is 11.9. The number of nitrogens with zero attached hydrogens (tertiary/aromatic N) is 5. The van der Waals surface area contributed by atoms with Crippen LogP contribution in [-0.4, -0.2) is 60.3 Å². The van der Waals surface area contributed by atoms with Crippen LogP contribution in [0.2, 0.25) is 0 Å². The van der Waals surface area contributed by atoms with E-state index in [4.69, 9.17) is 0 Å². The summed E-state index contributed by atoms with van der Waals surface area (Å²) in [6, 6.07) is 0. The smallest absolute Gasteiger partial charge is 0.275 e. The van der Waals surface area contributed by atoms with Gasteiger partial charge >= 0.3 is 0 Å². The van der Waals surface area contributed by atoms with Crippen molar-refractivity contribution in [2.75, 3.05) is 19.4 Å². The van der Waals surface area contributed by atoms with Crippen molar-refractivity contribution in [3.05, 3.63) is 5.69 Å². The van der Waals surface area contributed by atoms with Crippen molar-refractivity contribution in [3.63, 3.8) is 0 Å². The third-order valence-corrected chi connectivity index (χ3v) is 4.31. The van der Waals surface area contributed by atoms with E-state index in [-0.39, 0.29) is 46.3 Å².